The van der Waals surface area contributed by atoms with Gasteiger partial charge in [-0.1, -0.05) is 12.1 Å². The van der Waals surface area contributed by atoms with E-state index in [2.05, 4.69) is 10.5 Å². The Morgan fingerprint density at radius 3 is 2.68 bits per heavy atom. The molecule has 2 aromatic rings. The first-order chi connectivity index (χ1) is 13.4. The van der Waals surface area contributed by atoms with Crippen LogP contribution in [0.4, 0.5) is 10.1 Å². The molecular formula is C21H22FN3O3. The lowest BCUT2D eigenvalue weighted by atomic mass is 10.1. The predicted octanol–water partition coefficient (Wildman–Crippen LogP) is 3.26. The summed E-state index contributed by atoms with van der Waals surface area (Å²) < 4.78 is 18.4. The van der Waals surface area contributed by atoms with E-state index < -0.39 is 12.0 Å². The summed E-state index contributed by atoms with van der Waals surface area (Å²) in [7, 11) is 0. The summed E-state index contributed by atoms with van der Waals surface area (Å²) in [6.45, 7) is 4.08. The first-order valence-corrected chi connectivity index (χ1v) is 9.11. The van der Waals surface area contributed by atoms with E-state index in [1.54, 1.807) is 18.7 Å². The highest BCUT2D eigenvalue weighted by atomic mass is 19.1. The first kappa shape index (κ1) is 19.5. The Morgan fingerprint density at radius 2 is 2.00 bits per heavy atom. The Balaban J connectivity index is 1.62. The van der Waals surface area contributed by atoms with Gasteiger partial charge >= 0.3 is 0 Å². The van der Waals surface area contributed by atoms with E-state index in [1.165, 1.54) is 24.3 Å². The number of benzene rings is 2. The van der Waals surface area contributed by atoms with Gasteiger partial charge in [0.1, 0.15) is 11.6 Å². The molecule has 0 spiro atoms. The van der Waals surface area contributed by atoms with Crippen LogP contribution in [0.5, 0.6) is 5.75 Å². The molecule has 1 atom stereocenters. The lowest BCUT2D eigenvalue weighted by Gasteiger charge is -2.16. The summed E-state index contributed by atoms with van der Waals surface area (Å²) in [6.07, 6.45) is 0.632. The molecule has 146 valence electrons. The van der Waals surface area contributed by atoms with Crippen molar-refractivity contribution in [3.8, 4) is 5.75 Å². The molecule has 1 fully saturated rings. The highest BCUT2D eigenvalue weighted by Gasteiger charge is 2.22. The SMILES string of the molecule is C/C(=N/NC(=O)[C@H](C)Oc1ccc(F)cc1)c1cccc(N2CCCC2=O)c1. The molecule has 0 unspecified atom stereocenters. The van der Waals surface area contributed by atoms with Gasteiger partial charge < -0.3 is 9.64 Å². The van der Waals surface area contributed by atoms with E-state index in [0.717, 1.165) is 17.7 Å². The van der Waals surface area contributed by atoms with Gasteiger partial charge in [-0.25, -0.2) is 9.82 Å². The fourth-order valence-electron chi connectivity index (χ4n) is 2.89. The van der Waals surface area contributed by atoms with Crippen LogP contribution in [0.15, 0.2) is 53.6 Å². The summed E-state index contributed by atoms with van der Waals surface area (Å²) in [5, 5.41) is 4.13. The molecule has 2 aromatic carbocycles. The van der Waals surface area contributed by atoms with Gasteiger partial charge in [0.15, 0.2) is 6.10 Å². The third-order valence-electron chi connectivity index (χ3n) is 4.48. The molecule has 2 amide bonds. The molecule has 0 radical (unpaired) electrons. The maximum atomic E-state index is 12.9. The van der Waals surface area contributed by atoms with E-state index in [0.29, 0.717) is 24.4 Å². The van der Waals surface area contributed by atoms with Crippen LogP contribution >= 0.6 is 0 Å². The van der Waals surface area contributed by atoms with Crippen LogP contribution in [-0.2, 0) is 9.59 Å². The molecule has 0 bridgehead atoms. The van der Waals surface area contributed by atoms with Gasteiger partial charge in [-0.3, -0.25) is 9.59 Å². The Morgan fingerprint density at radius 1 is 1.25 bits per heavy atom. The summed E-state index contributed by atoms with van der Waals surface area (Å²) in [6, 6.07) is 12.9. The molecule has 1 N–H and O–H groups in total. The van der Waals surface area contributed by atoms with E-state index in [4.69, 9.17) is 4.74 Å². The zero-order chi connectivity index (χ0) is 20.1. The number of hydrazone groups is 1. The lowest BCUT2D eigenvalue weighted by molar-refractivity contribution is -0.127. The van der Waals surface area contributed by atoms with Crippen LogP contribution < -0.4 is 15.1 Å². The van der Waals surface area contributed by atoms with Gasteiger partial charge in [-0.2, -0.15) is 5.10 Å². The minimum Gasteiger partial charge on any atom is -0.481 e. The Kier molecular flexibility index (Phi) is 6.03. The number of halogens is 1. The number of carbonyl (C=O) groups is 2. The van der Waals surface area contributed by atoms with Crippen LogP contribution in [-0.4, -0.2) is 30.2 Å². The Bertz CT molecular complexity index is 896. The predicted molar refractivity (Wildman–Crippen MR) is 105 cm³/mol. The maximum absolute atomic E-state index is 12.9. The summed E-state index contributed by atoms with van der Waals surface area (Å²) in [4.78, 5) is 25.9. The molecule has 3 rings (SSSR count). The number of ether oxygens (including phenoxy) is 1. The normalized spacial score (nSPS) is 15.5. The van der Waals surface area contributed by atoms with Gasteiger partial charge in [-0.15, -0.1) is 0 Å². The number of hydrogen-bond acceptors (Lipinski definition) is 4. The molecule has 0 saturated carbocycles. The van der Waals surface area contributed by atoms with Crippen molar-refractivity contribution in [1.29, 1.82) is 0 Å². The summed E-state index contributed by atoms with van der Waals surface area (Å²) >= 11 is 0. The molecule has 7 heteroatoms. The van der Waals surface area contributed by atoms with Crippen molar-refractivity contribution in [2.24, 2.45) is 5.10 Å². The maximum Gasteiger partial charge on any atom is 0.280 e. The number of amides is 2. The average molecular weight is 383 g/mol. The van der Waals surface area contributed by atoms with Gasteiger partial charge in [0.05, 0.1) is 5.71 Å². The second-order valence-electron chi connectivity index (χ2n) is 6.59. The highest BCUT2D eigenvalue weighted by molar-refractivity contribution is 6.02. The van der Waals surface area contributed by atoms with E-state index in [-0.39, 0.29) is 11.7 Å². The largest absolute Gasteiger partial charge is 0.481 e. The second-order valence-corrected chi connectivity index (χ2v) is 6.59. The first-order valence-electron chi connectivity index (χ1n) is 9.11. The fraction of sp³-hybridized carbons (Fsp3) is 0.286. The van der Waals surface area contributed by atoms with E-state index in [9.17, 15) is 14.0 Å². The topological polar surface area (TPSA) is 71.0 Å². The molecule has 6 nitrogen and oxygen atoms in total. The molecule has 1 heterocycles. The Labute approximate surface area is 163 Å². The molecule has 1 aliphatic heterocycles. The van der Waals surface area contributed by atoms with Crippen molar-refractivity contribution >= 4 is 23.2 Å². The van der Waals surface area contributed by atoms with Crippen molar-refractivity contribution in [3.05, 3.63) is 59.9 Å². The van der Waals surface area contributed by atoms with Gasteiger partial charge in [0, 0.05) is 18.7 Å². The van der Waals surface area contributed by atoms with Gasteiger partial charge in [0.2, 0.25) is 5.91 Å². The number of anilines is 1. The van der Waals surface area contributed by atoms with Gasteiger partial charge in [0.25, 0.3) is 5.91 Å². The van der Waals surface area contributed by atoms with Crippen molar-refractivity contribution in [2.45, 2.75) is 32.8 Å². The van der Waals surface area contributed by atoms with Crippen molar-refractivity contribution in [2.75, 3.05) is 11.4 Å². The molecule has 0 aromatic heterocycles. The van der Waals surface area contributed by atoms with Crippen LogP contribution in [0.2, 0.25) is 0 Å². The summed E-state index contributed by atoms with van der Waals surface area (Å²) in [5.74, 6) is -0.281. The number of hydrogen-bond donors (Lipinski definition) is 1. The smallest absolute Gasteiger partial charge is 0.280 e. The second kappa shape index (κ2) is 8.65. The van der Waals surface area contributed by atoms with E-state index >= 15 is 0 Å². The highest BCUT2D eigenvalue weighted by Crippen LogP contribution is 2.22. The van der Waals surface area contributed by atoms with Crippen molar-refractivity contribution in [3.63, 3.8) is 0 Å². The Hall–Kier alpha value is -3.22. The fourth-order valence-corrected chi connectivity index (χ4v) is 2.89. The number of carbonyl (C=O) groups excluding carboxylic acids is 2. The summed E-state index contributed by atoms with van der Waals surface area (Å²) in [5.41, 5.74) is 4.72. The average Bonchev–Trinajstić information content (AvgIpc) is 3.13. The molecule has 1 saturated heterocycles. The number of rotatable bonds is 6. The van der Waals surface area contributed by atoms with Crippen LogP contribution in [0.1, 0.15) is 32.3 Å². The molecule has 28 heavy (non-hydrogen) atoms. The third-order valence-corrected chi connectivity index (χ3v) is 4.48. The van der Waals surface area contributed by atoms with Crippen molar-refractivity contribution < 1.29 is 18.7 Å². The number of nitrogens with one attached hydrogen (secondary N) is 1. The molecule has 0 aliphatic carbocycles. The monoisotopic (exact) mass is 383 g/mol. The lowest BCUT2D eigenvalue weighted by Crippen LogP contribution is -2.34. The standard InChI is InChI=1S/C21H22FN3O3/c1-14(16-5-3-6-18(13-16)25-12-4-7-20(25)26)23-24-21(27)15(2)28-19-10-8-17(22)9-11-19/h3,5-6,8-11,13,15H,4,7,12H2,1-2H3,(H,24,27)/b23-14-/t15-/m0/s1. The molecule has 1 aliphatic rings. The minimum atomic E-state index is -0.796. The zero-order valence-electron chi connectivity index (χ0n) is 15.8. The van der Waals surface area contributed by atoms with Gasteiger partial charge in [-0.05, 0) is 62.2 Å². The quantitative estimate of drug-likeness (QED) is 0.615. The minimum absolute atomic E-state index is 0.117. The van der Waals surface area contributed by atoms with E-state index in [1.807, 2.05) is 24.3 Å². The number of nitrogens with zero attached hydrogens (tertiary/aromatic N) is 2. The third kappa shape index (κ3) is 4.73. The van der Waals surface area contributed by atoms with Crippen LogP contribution in [0.3, 0.4) is 0 Å². The van der Waals surface area contributed by atoms with Crippen LogP contribution in [0.25, 0.3) is 0 Å². The molecular weight excluding hydrogens is 361 g/mol. The zero-order valence-corrected chi connectivity index (χ0v) is 15.8. The van der Waals surface area contributed by atoms with Crippen molar-refractivity contribution in [1.82, 2.24) is 5.43 Å². The van der Waals surface area contributed by atoms with Crippen LogP contribution in [0, 0.1) is 5.82 Å².